The van der Waals surface area contributed by atoms with E-state index in [1.165, 1.54) is 5.56 Å². The number of aromatic amines is 1. The number of amides is 1. The summed E-state index contributed by atoms with van der Waals surface area (Å²) in [6, 6.07) is 10.0. The van der Waals surface area contributed by atoms with Crippen LogP contribution in [0.2, 0.25) is 0 Å². The first-order valence-electron chi connectivity index (χ1n) is 9.95. The summed E-state index contributed by atoms with van der Waals surface area (Å²) in [6.45, 7) is 7.68. The molecule has 0 unspecified atom stereocenters. The van der Waals surface area contributed by atoms with Gasteiger partial charge in [-0.25, -0.2) is 5.10 Å². The van der Waals surface area contributed by atoms with Gasteiger partial charge in [0.05, 0.1) is 24.5 Å². The average molecular weight is 383 g/mol. The molecule has 0 radical (unpaired) electrons. The molecule has 1 atom stereocenters. The SMILES string of the molecule is CCCc1ccc([C@H](C)NC(=O)CN2CCN(c3cn[nH]c(=O)c3)CC2)cc1. The third-order valence-electron chi connectivity index (χ3n) is 5.15. The molecule has 1 aliphatic heterocycles. The van der Waals surface area contributed by atoms with E-state index in [4.69, 9.17) is 0 Å². The van der Waals surface area contributed by atoms with E-state index in [1.807, 2.05) is 6.92 Å². The van der Waals surface area contributed by atoms with E-state index in [0.717, 1.165) is 50.3 Å². The summed E-state index contributed by atoms with van der Waals surface area (Å²) in [7, 11) is 0. The number of carbonyl (C=O) groups is 1. The first-order chi connectivity index (χ1) is 13.5. The van der Waals surface area contributed by atoms with Crippen molar-refractivity contribution >= 4 is 11.6 Å². The Bertz CT molecular complexity index is 825. The van der Waals surface area contributed by atoms with Gasteiger partial charge in [-0.3, -0.25) is 14.5 Å². The first-order valence-corrected chi connectivity index (χ1v) is 9.95. The first kappa shape index (κ1) is 20.1. The molecule has 0 bridgehead atoms. The smallest absolute Gasteiger partial charge is 0.266 e. The number of aromatic nitrogens is 2. The van der Waals surface area contributed by atoms with Gasteiger partial charge in [0.2, 0.25) is 5.91 Å². The maximum absolute atomic E-state index is 12.4. The Balaban J connectivity index is 1.45. The fraction of sp³-hybridized carbons (Fsp3) is 0.476. The number of piperazine rings is 1. The number of nitrogens with zero attached hydrogens (tertiary/aromatic N) is 3. The normalized spacial score (nSPS) is 16.0. The number of rotatable bonds is 7. The lowest BCUT2D eigenvalue weighted by Gasteiger charge is -2.35. The molecule has 0 aliphatic carbocycles. The van der Waals surface area contributed by atoms with Crippen molar-refractivity contribution in [3.8, 4) is 0 Å². The standard InChI is InChI=1S/C21H29N5O2/c1-3-4-17-5-7-18(8-6-17)16(2)23-21(28)15-25-9-11-26(12-10-25)19-13-20(27)24-22-14-19/h5-8,13-14,16H,3-4,9-12,15H2,1-2H3,(H,23,28)(H,24,27)/t16-/m0/s1. The largest absolute Gasteiger partial charge is 0.368 e. The molecule has 2 aromatic rings. The summed E-state index contributed by atoms with van der Waals surface area (Å²) in [6.07, 6.45) is 3.88. The van der Waals surface area contributed by atoms with E-state index in [1.54, 1.807) is 12.3 Å². The average Bonchev–Trinajstić information content (AvgIpc) is 2.69. The van der Waals surface area contributed by atoms with E-state index < -0.39 is 0 Å². The number of aryl methyl sites for hydroxylation is 1. The zero-order chi connectivity index (χ0) is 19.9. The summed E-state index contributed by atoms with van der Waals surface area (Å²) in [4.78, 5) is 28.1. The minimum Gasteiger partial charge on any atom is -0.368 e. The lowest BCUT2D eigenvalue weighted by Crippen LogP contribution is -2.49. The van der Waals surface area contributed by atoms with Gasteiger partial charge in [0.15, 0.2) is 0 Å². The summed E-state index contributed by atoms with van der Waals surface area (Å²) >= 11 is 0. The molecule has 1 aromatic heterocycles. The van der Waals surface area contributed by atoms with E-state index in [2.05, 4.69) is 56.5 Å². The summed E-state index contributed by atoms with van der Waals surface area (Å²) in [5.41, 5.74) is 3.09. The van der Waals surface area contributed by atoms with E-state index in [-0.39, 0.29) is 17.5 Å². The number of hydrogen-bond acceptors (Lipinski definition) is 5. The van der Waals surface area contributed by atoms with Crippen LogP contribution in [0.15, 0.2) is 41.3 Å². The van der Waals surface area contributed by atoms with Crippen LogP contribution in [0.4, 0.5) is 5.69 Å². The molecule has 0 spiro atoms. The zero-order valence-corrected chi connectivity index (χ0v) is 16.6. The highest BCUT2D eigenvalue weighted by Gasteiger charge is 2.20. The Morgan fingerprint density at radius 3 is 2.57 bits per heavy atom. The van der Waals surface area contributed by atoms with Crippen molar-refractivity contribution in [3.63, 3.8) is 0 Å². The Kier molecular flexibility index (Phi) is 6.81. The van der Waals surface area contributed by atoms with Crippen LogP contribution >= 0.6 is 0 Å². The van der Waals surface area contributed by atoms with Crippen molar-refractivity contribution in [2.45, 2.75) is 32.7 Å². The molecule has 1 aromatic carbocycles. The third kappa shape index (κ3) is 5.42. The molecule has 3 rings (SSSR count). The minimum absolute atomic E-state index is 0.00779. The van der Waals surface area contributed by atoms with Crippen LogP contribution in [0.25, 0.3) is 0 Å². The fourth-order valence-corrected chi connectivity index (χ4v) is 3.54. The van der Waals surface area contributed by atoms with Gasteiger partial charge in [-0.1, -0.05) is 37.6 Å². The number of nitrogens with one attached hydrogen (secondary N) is 2. The second-order valence-corrected chi connectivity index (χ2v) is 7.35. The van der Waals surface area contributed by atoms with Crippen LogP contribution in [0.5, 0.6) is 0 Å². The van der Waals surface area contributed by atoms with Crippen LogP contribution in [-0.4, -0.2) is 53.7 Å². The summed E-state index contributed by atoms with van der Waals surface area (Å²) in [5.74, 6) is 0.0383. The molecular formula is C21H29N5O2. The fourth-order valence-electron chi connectivity index (χ4n) is 3.54. The Morgan fingerprint density at radius 2 is 1.93 bits per heavy atom. The minimum atomic E-state index is -0.198. The van der Waals surface area contributed by atoms with Crippen molar-refractivity contribution in [2.24, 2.45) is 0 Å². The van der Waals surface area contributed by atoms with E-state index in [0.29, 0.717) is 6.54 Å². The van der Waals surface area contributed by atoms with E-state index >= 15 is 0 Å². The topological polar surface area (TPSA) is 81.3 Å². The van der Waals surface area contributed by atoms with Gasteiger partial charge in [-0.2, -0.15) is 5.10 Å². The molecule has 1 saturated heterocycles. The quantitative estimate of drug-likeness (QED) is 0.761. The van der Waals surface area contributed by atoms with Gasteiger partial charge in [0.25, 0.3) is 5.56 Å². The molecule has 1 amide bonds. The van der Waals surface area contributed by atoms with Crippen molar-refractivity contribution < 1.29 is 4.79 Å². The lowest BCUT2D eigenvalue weighted by molar-refractivity contribution is -0.123. The van der Waals surface area contributed by atoms with Gasteiger partial charge in [0.1, 0.15) is 0 Å². The van der Waals surface area contributed by atoms with Crippen LogP contribution < -0.4 is 15.8 Å². The molecule has 0 saturated carbocycles. The third-order valence-corrected chi connectivity index (χ3v) is 5.15. The second-order valence-electron chi connectivity index (χ2n) is 7.35. The van der Waals surface area contributed by atoms with Gasteiger partial charge >= 0.3 is 0 Å². The highest BCUT2D eigenvalue weighted by Crippen LogP contribution is 2.15. The van der Waals surface area contributed by atoms with Gasteiger partial charge in [-0.05, 0) is 24.5 Å². The van der Waals surface area contributed by atoms with Gasteiger partial charge < -0.3 is 10.2 Å². The monoisotopic (exact) mass is 383 g/mol. The maximum Gasteiger partial charge on any atom is 0.266 e. The van der Waals surface area contributed by atoms with Gasteiger partial charge in [0, 0.05) is 32.2 Å². The molecule has 1 aliphatic rings. The Hall–Kier alpha value is -2.67. The molecule has 7 heteroatoms. The molecule has 1 fully saturated rings. The van der Waals surface area contributed by atoms with Crippen molar-refractivity contribution in [2.75, 3.05) is 37.6 Å². The van der Waals surface area contributed by atoms with Crippen LogP contribution in [0.1, 0.15) is 37.4 Å². The molecule has 150 valence electrons. The molecular weight excluding hydrogens is 354 g/mol. The maximum atomic E-state index is 12.4. The van der Waals surface area contributed by atoms with Crippen molar-refractivity contribution in [3.05, 3.63) is 58.0 Å². The summed E-state index contributed by atoms with van der Waals surface area (Å²) in [5, 5.41) is 9.33. The Morgan fingerprint density at radius 1 is 1.21 bits per heavy atom. The predicted molar refractivity (Wildman–Crippen MR) is 111 cm³/mol. The predicted octanol–water partition coefficient (Wildman–Crippen LogP) is 1.72. The van der Waals surface area contributed by atoms with Crippen LogP contribution in [0, 0.1) is 0 Å². The molecule has 2 heterocycles. The number of benzene rings is 1. The van der Waals surface area contributed by atoms with Crippen LogP contribution in [0.3, 0.4) is 0 Å². The highest BCUT2D eigenvalue weighted by molar-refractivity contribution is 5.78. The number of carbonyl (C=O) groups excluding carboxylic acids is 1. The second kappa shape index (κ2) is 9.50. The molecule has 2 N–H and O–H groups in total. The van der Waals surface area contributed by atoms with Gasteiger partial charge in [-0.15, -0.1) is 0 Å². The Labute approximate surface area is 165 Å². The molecule has 28 heavy (non-hydrogen) atoms. The number of hydrogen-bond donors (Lipinski definition) is 2. The van der Waals surface area contributed by atoms with Crippen molar-refractivity contribution in [1.29, 1.82) is 0 Å². The van der Waals surface area contributed by atoms with Crippen molar-refractivity contribution in [1.82, 2.24) is 20.4 Å². The zero-order valence-electron chi connectivity index (χ0n) is 16.6. The van der Waals surface area contributed by atoms with Crippen LogP contribution in [-0.2, 0) is 11.2 Å². The molecule has 7 nitrogen and oxygen atoms in total. The number of anilines is 1. The summed E-state index contributed by atoms with van der Waals surface area (Å²) < 4.78 is 0. The highest BCUT2D eigenvalue weighted by atomic mass is 16.2. The number of H-pyrrole nitrogens is 1. The lowest BCUT2D eigenvalue weighted by atomic mass is 10.0. The van der Waals surface area contributed by atoms with E-state index in [9.17, 15) is 9.59 Å².